The summed E-state index contributed by atoms with van der Waals surface area (Å²) in [5.74, 6) is 0.968. The van der Waals surface area contributed by atoms with Gasteiger partial charge in [-0.15, -0.1) is 0 Å². The average molecular weight is 221 g/mol. The molecule has 0 aliphatic heterocycles. The molecule has 1 aromatic carbocycles. The van der Waals surface area contributed by atoms with E-state index in [2.05, 4.69) is 32.0 Å². The molecule has 0 aliphatic rings. The zero-order valence-corrected chi connectivity index (χ0v) is 10.6. The molecule has 0 heterocycles. The van der Waals surface area contributed by atoms with Gasteiger partial charge in [-0.3, -0.25) is 0 Å². The highest BCUT2D eigenvalue weighted by atomic mass is 16.5. The minimum absolute atomic E-state index is 0.308. The van der Waals surface area contributed by atoms with Gasteiger partial charge in [0.2, 0.25) is 0 Å². The van der Waals surface area contributed by atoms with Crippen LogP contribution in [0.5, 0.6) is 5.75 Å². The standard InChI is InChI=1S/C14H23NO/c1-4-16-14-9-8-13(11(2)10-14)7-5-6-12(3)15/h8-10,12H,4-7,15H2,1-3H3. The number of aryl methyl sites for hydroxylation is 2. The Morgan fingerprint density at radius 1 is 1.38 bits per heavy atom. The Balaban J connectivity index is 2.54. The van der Waals surface area contributed by atoms with Crippen LogP contribution in [0, 0.1) is 6.92 Å². The van der Waals surface area contributed by atoms with Crippen LogP contribution in [-0.4, -0.2) is 12.6 Å². The summed E-state index contributed by atoms with van der Waals surface area (Å²) in [7, 11) is 0. The third-order valence-electron chi connectivity index (χ3n) is 2.73. The van der Waals surface area contributed by atoms with Crippen LogP contribution < -0.4 is 10.5 Å². The highest BCUT2D eigenvalue weighted by molar-refractivity contribution is 5.34. The Kier molecular flexibility index (Phi) is 5.33. The second-order valence-corrected chi connectivity index (χ2v) is 4.39. The second kappa shape index (κ2) is 6.54. The summed E-state index contributed by atoms with van der Waals surface area (Å²) in [6.45, 7) is 6.93. The molecule has 1 aromatic rings. The van der Waals surface area contributed by atoms with Crippen LogP contribution in [0.3, 0.4) is 0 Å². The Labute approximate surface area is 98.8 Å². The molecule has 2 nitrogen and oxygen atoms in total. The molecular weight excluding hydrogens is 198 g/mol. The minimum Gasteiger partial charge on any atom is -0.494 e. The van der Waals surface area contributed by atoms with Gasteiger partial charge in [-0.1, -0.05) is 6.07 Å². The van der Waals surface area contributed by atoms with Crippen LogP contribution in [0.1, 0.15) is 37.8 Å². The number of benzene rings is 1. The molecule has 0 bridgehead atoms. The van der Waals surface area contributed by atoms with Gasteiger partial charge in [0.1, 0.15) is 5.75 Å². The number of hydrogen-bond acceptors (Lipinski definition) is 2. The number of hydrogen-bond donors (Lipinski definition) is 1. The minimum atomic E-state index is 0.308. The molecule has 0 amide bonds. The molecule has 0 aromatic heterocycles. The SMILES string of the molecule is CCOc1ccc(CCCC(C)N)c(C)c1. The van der Waals surface area contributed by atoms with E-state index in [0.29, 0.717) is 6.04 Å². The summed E-state index contributed by atoms with van der Waals surface area (Å²) < 4.78 is 5.46. The predicted molar refractivity (Wildman–Crippen MR) is 68.9 cm³/mol. The fourth-order valence-electron chi connectivity index (χ4n) is 1.82. The van der Waals surface area contributed by atoms with E-state index in [1.807, 2.05) is 6.92 Å². The Hall–Kier alpha value is -1.02. The van der Waals surface area contributed by atoms with Crippen molar-refractivity contribution in [2.75, 3.05) is 6.61 Å². The van der Waals surface area contributed by atoms with Crippen molar-refractivity contribution in [3.8, 4) is 5.75 Å². The average Bonchev–Trinajstić information content (AvgIpc) is 2.21. The number of ether oxygens (including phenoxy) is 1. The highest BCUT2D eigenvalue weighted by Crippen LogP contribution is 2.19. The van der Waals surface area contributed by atoms with E-state index < -0.39 is 0 Å². The van der Waals surface area contributed by atoms with Crippen molar-refractivity contribution in [1.82, 2.24) is 0 Å². The van der Waals surface area contributed by atoms with E-state index in [1.54, 1.807) is 0 Å². The summed E-state index contributed by atoms with van der Waals surface area (Å²) in [6, 6.07) is 6.65. The molecule has 0 saturated heterocycles. The lowest BCUT2D eigenvalue weighted by Gasteiger charge is -2.10. The molecule has 0 saturated carbocycles. The topological polar surface area (TPSA) is 35.2 Å². The summed E-state index contributed by atoms with van der Waals surface area (Å²) in [4.78, 5) is 0. The lowest BCUT2D eigenvalue weighted by atomic mass is 10.0. The van der Waals surface area contributed by atoms with E-state index in [9.17, 15) is 0 Å². The van der Waals surface area contributed by atoms with Crippen LogP contribution >= 0.6 is 0 Å². The molecule has 1 unspecified atom stereocenters. The Morgan fingerprint density at radius 2 is 2.12 bits per heavy atom. The molecule has 0 aliphatic carbocycles. The summed E-state index contributed by atoms with van der Waals surface area (Å²) in [5, 5.41) is 0. The van der Waals surface area contributed by atoms with Crippen molar-refractivity contribution >= 4 is 0 Å². The van der Waals surface area contributed by atoms with Gasteiger partial charge in [0, 0.05) is 6.04 Å². The van der Waals surface area contributed by atoms with Crippen LogP contribution in [-0.2, 0) is 6.42 Å². The van der Waals surface area contributed by atoms with Crippen molar-refractivity contribution in [3.05, 3.63) is 29.3 Å². The van der Waals surface area contributed by atoms with E-state index >= 15 is 0 Å². The van der Waals surface area contributed by atoms with Gasteiger partial charge in [0.25, 0.3) is 0 Å². The van der Waals surface area contributed by atoms with Crippen molar-refractivity contribution in [1.29, 1.82) is 0 Å². The van der Waals surface area contributed by atoms with E-state index in [0.717, 1.165) is 31.6 Å². The van der Waals surface area contributed by atoms with Gasteiger partial charge in [-0.2, -0.15) is 0 Å². The normalized spacial score (nSPS) is 12.5. The third-order valence-corrected chi connectivity index (χ3v) is 2.73. The summed E-state index contributed by atoms with van der Waals surface area (Å²) in [5.41, 5.74) is 8.46. The maximum absolute atomic E-state index is 5.74. The van der Waals surface area contributed by atoms with Crippen LogP contribution in [0.4, 0.5) is 0 Å². The zero-order valence-electron chi connectivity index (χ0n) is 10.6. The van der Waals surface area contributed by atoms with Crippen molar-refractivity contribution in [2.45, 2.75) is 46.1 Å². The zero-order chi connectivity index (χ0) is 12.0. The van der Waals surface area contributed by atoms with Crippen molar-refractivity contribution in [3.63, 3.8) is 0 Å². The Morgan fingerprint density at radius 3 is 2.69 bits per heavy atom. The summed E-state index contributed by atoms with van der Waals surface area (Å²) >= 11 is 0. The summed E-state index contributed by atoms with van der Waals surface area (Å²) in [6.07, 6.45) is 3.36. The monoisotopic (exact) mass is 221 g/mol. The maximum Gasteiger partial charge on any atom is 0.119 e. The van der Waals surface area contributed by atoms with Crippen LogP contribution in [0.25, 0.3) is 0 Å². The molecular formula is C14H23NO. The second-order valence-electron chi connectivity index (χ2n) is 4.39. The molecule has 0 radical (unpaired) electrons. The van der Waals surface area contributed by atoms with Gasteiger partial charge >= 0.3 is 0 Å². The fourth-order valence-corrected chi connectivity index (χ4v) is 1.82. The molecule has 0 spiro atoms. The molecule has 2 N–H and O–H groups in total. The first-order chi connectivity index (χ1) is 7.63. The highest BCUT2D eigenvalue weighted by Gasteiger charge is 2.02. The lowest BCUT2D eigenvalue weighted by molar-refractivity contribution is 0.340. The van der Waals surface area contributed by atoms with Gasteiger partial charge in [0.15, 0.2) is 0 Å². The number of nitrogens with two attached hydrogens (primary N) is 1. The molecule has 1 rings (SSSR count). The van der Waals surface area contributed by atoms with Gasteiger partial charge in [-0.25, -0.2) is 0 Å². The lowest BCUT2D eigenvalue weighted by Crippen LogP contribution is -2.14. The fraction of sp³-hybridized carbons (Fsp3) is 0.571. The van der Waals surface area contributed by atoms with Crippen LogP contribution in [0.2, 0.25) is 0 Å². The quantitative estimate of drug-likeness (QED) is 0.801. The van der Waals surface area contributed by atoms with Gasteiger partial charge in [-0.05, 0) is 63.3 Å². The Bertz CT molecular complexity index is 321. The molecule has 90 valence electrons. The van der Waals surface area contributed by atoms with Crippen molar-refractivity contribution < 1.29 is 4.74 Å². The van der Waals surface area contributed by atoms with Gasteiger partial charge < -0.3 is 10.5 Å². The maximum atomic E-state index is 5.74. The van der Waals surface area contributed by atoms with Crippen molar-refractivity contribution in [2.24, 2.45) is 5.73 Å². The first-order valence-corrected chi connectivity index (χ1v) is 6.11. The third kappa shape index (κ3) is 4.23. The molecule has 16 heavy (non-hydrogen) atoms. The van der Waals surface area contributed by atoms with E-state index in [4.69, 9.17) is 10.5 Å². The number of rotatable bonds is 6. The van der Waals surface area contributed by atoms with E-state index in [1.165, 1.54) is 11.1 Å². The molecule has 2 heteroatoms. The van der Waals surface area contributed by atoms with Crippen LogP contribution in [0.15, 0.2) is 18.2 Å². The first kappa shape index (κ1) is 13.0. The predicted octanol–water partition coefficient (Wildman–Crippen LogP) is 3.06. The largest absolute Gasteiger partial charge is 0.494 e. The molecule has 0 fully saturated rings. The smallest absolute Gasteiger partial charge is 0.119 e. The first-order valence-electron chi connectivity index (χ1n) is 6.11. The molecule has 1 atom stereocenters. The van der Waals surface area contributed by atoms with E-state index in [-0.39, 0.29) is 0 Å². The van der Waals surface area contributed by atoms with Gasteiger partial charge in [0.05, 0.1) is 6.61 Å².